The summed E-state index contributed by atoms with van der Waals surface area (Å²) in [5.41, 5.74) is 0.503. The van der Waals surface area contributed by atoms with Gasteiger partial charge >= 0.3 is 12.1 Å². The predicted octanol–water partition coefficient (Wildman–Crippen LogP) is 3.61. The van der Waals surface area contributed by atoms with E-state index in [4.69, 9.17) is 4.74 Å². The Labute approximate surface area is 172 Å². The fourth-order valence-electron chi connectivity index (χ4n) is 3.11. The second-order valence-electron chi connectivity index (χ2n) is 6.77. The number of piperazine rings is 1. The number of carbonyl (C=O) groups is 2. The zero-order valence-electron chi connectivity index (χ0n) is 16.1. The Hall–Kier alpha value is -3.29. The lowest BCUT2D eigenvalue weighted by molar-refractivity contribution is -0.148. The number of ether oxygens (including phenoxy) is 1. The van der Waals surface area contributed by atoms with E-state index < -0.39 is 24.3 Å². The van der Waals surface area contributed by atoms with Crippen molar-refractivity contribution in [2.75, 3.05) is 37.7 Å². The second kappa shape index (κ2) is 9.47. The molecule has 1 fully saturated rings. The smallest absolute Gasteiger partial charge is 0.416 e. The van der Waals surface area contributed by atoms with E-state index in [1.165, 1.54) is 18.2 Å². The van der Waals surface area contributed by atoms with Crippen molar-refractivity contribution in [3.05, 3.63) is 71.8 Å². The number of benzene rings is 2. The SMILES string of the molecule is O=C(/C=C/c1cccc(C(F)(F)F)c1)OCC(=O)N1CCN(c2ccccc2)CC1. The monoisotopic (exact) mass is 418 g/mol. The number of hydrogen-bond acceptors (Lipinski definition) is 4. The molecule has 0 spiro atoms. The van der Waals surface area contributed by atoms with Crippen LogP contribution in [0, 0.1) is 0 Å². The molecule has 0 atom stereocenters. The number of rotatable bonds is 5. The molecule has 1 saturated heterocycles. The third kappa shape index (κ3) is 5.85. The van der Waals surface area contributed by atoms with Gasteiger partial charge in [0.25, 0.3) is 5.91 Å². The van der Waals surface area contributed by atoms with E-state index in [0.29, 0.717) is 26.2 Å². The second-order valence-corrected chi connectivity index (χ2v) is 6.77. The van der Waals surface area contributed by atoms with Crippen molar-refractivity contribution in [3.63, 3.8) is 0 Å². The number of halogens is 3. The first-order valence-corrected chi connectivity index (χ1v) is 9.43. The van der Waals surface area contributed by atoms with E-state index in [0.717, 1.165) is 23.9 Å². The highest BCUT2D eigenvalue weighted by Crippen LogP contribution is 2.29. The first kappa shape index (κ1) is 21.4. The van der Waals surface area contributed by atoms with Crippen LogP contribution in [0.5, 0.6) is 0 Å². The zero-order valence-corrected chi connectivity index (χ0v) is 16.1. The molecule has 30 heavy (non-hydrogen) atoms. The number of esters is 1. The van der Waals surface area contributed by atoms with E-state index in [1.54, 1.807) is 4.90 Å². The van der Waals surface area contributed by atoms with Crippen LogP contribution in [0.15, 0.2) is 60.7 Å². The minimum Gasteiger partial charge on any atom is -0.452 e. The zero-order chi connectivity index (χ0) is 21.6. The van der Waals surface area contributed by atoms with Gasteiger partial charge in [0.05, 0.1) is 5.56 Å². The maximum Gasteiger partial charge on any atom is 0.416 e. The molecule has 5 nitrogen and oxygen atoms in total. The lowest BCUT2D eigenvalue weighted by atomic mass is 10.1. The molecule has 2 aromatic carbocycles. The number of anilines is 1. The molecule has 0 bridgehead atoms. The molecule has 1 heterocycles. The Kier molecular flexibility index (Phi) is 6.76. The summed E-state index contributed by atoms with van der Waals surface area (Å²) < 4.78 is 43.1. The van der Waals surface area contributed by atoms with Gasteiger partial charge in [0.2, 0.25) is 0 Å². The molecule has 8 heteroatoms. The van der Waals surface area contributed by atoms with Gasteiger partial charge in [-0.25, -0.2) is 4.79 Å². The summed E-state index contributed by atoms with van der Waals surface area (Å²) in [7, 11) is 0. The Balaban J connectivity index is 1.45. The van der Waals surface area contributed by atoms with Gasteiger partial charge in [-0.1, -0.05) is 30.3 Å². The molecule has 0 N–H and O–H groups in total. The van der Waals surface area contributed by atoms with Gasteiger partial charge in [-0.15, -0.1) is 0 Å². The maximum absolute atomic E-state index is 12.7. The van der Waals surface area contributed by atoms with E-state index in [9.17, 15) is 22.8 Å². The normalized spacial score (nSPS) is 14.8. The van der Waals surface area contributed by atoms with Crippen molar-refractivity contribution in [3.8, 4) is 0 Å². The quantitative estimate of drug-likeness (QED) is 0.550. The summed E-state index contributed by atoms with van der Waals surface area (Å²) in [6.07, 6.45) is -2.22. The average molecular weight is 418 g/mol. The molecular weight excluding hydrogens is 397 g/mol. The van der Waals surface area contributed by atoms with Crippen LogP contribution >= 0.6 is 0 Å². The highest BCUT2D eigenvalue weighted by Gasteiger charge is 2.30. The third-order valence-corrected chi connectivity index (χ3v) is 4.72. The van der Waals surface area contributed by atoms with Gasteiger partial charge in [-0.2, -0.15) is 13.2 Å². The van der Waals surface area contributed by atoms with Crippen LogP contribution in [-0.4, -0.2) is 49.6 Å². The predicted molar refractivity (Wildman–Crippen MR) is 107 cm³/mol. The van der Waals surface area contributed by atoms with Gasteiger partial charge in [0, 0.05) is 37.9 Å². The van der Waals surface area contributed by atoms with E-state index >= 15 is 0 Å². The van der Waals surface area contributed by atoms with Crippen molar-refractivity contribution < 1.29 is 27.5 Å². The van der Waals surface area contributed by atoms with Crippen LogP contribution in [0.25, 0.3) is 6.08 Å². The lowest BCUT2D eigenvalue weighted by Gasteiger charge is -2.36. The van der Waals surface area contributed by atoms with Gasteiger partial charge in [0.15, 0.2) is 6.61 Å². The molecule has 1 amide bonds. The number of alkyl halides is 3. The van der Waals surface area contributed by atoms with Crippen LogP contribution in [0.2, 0.25) is 0 Å². The van der Waals surface area contributed by atoms with Crippen molar-refractivity contribution in [1.29, 1.82) is 0 Å². The molecule has 0 aromatic heterocycles. The van der Waals surface area contributed by atoms with Gasteiger partial charge in [-0.05, 0) is 35.9 Å². The minimum absolute atomic E-state index is 0.213. The number of para-hydroxylation sites is 1. The molecule has 0 unspecified atom stereocenters. The standard InChI is InChI=1S/C22H21F3N2O3/c23-22(24,25)18-6-4-5-17(15-18)9-10-21(29)30-16-20(28)27-13-11-26(12-14-27)19-7-2-1-3-8-19/h1-10,15H,11-14,16H2/b10-9+. The first-order chi connectivity index (χ1) is 14.3. The summed E-state index contributed by atoms with van der Waals surface area (Å²) in [4.78, 5) is 27.9. The highest BCUT2D eigenvalue weighted by molar-refractivity contribution is 5.89. The van der Waals surface area contributed by atoms with E-state index in [-0.39, 0.29) is 11.5 Å². The first-order valence-electron chi connectivity index (χ1n) is 9.43. The van der Waals surface area contributed by atoms with Crippen LogP contribution in [0.1, 0.15) is 11.1 Å². The van der Waals surface area contributed by atoms with Crippen molar-refractivity contribution in [2.45, 2.75) is 6.18 Å². The average Bonchev–Trinajstić information content (AvgIpc) is 2.76. The highest BCUT2D eigenvalue weighted by atomic mass is 19.4. The lowest BCUT2D eigenvalue weighted by Crippen LogP contribution is -2.49. The van der Waals surface area contributed by atoms with Crippen molar-refractivity contribution in [2.24, 2.45) is 0 Å². The minimum atomic E-state index is -4.46. The van der Waals surface area contributed by atoms with Gasteiger partial charge < -0.3 is 14.5 Å². The molecule has 158 valence electrons. The van der Waals surface area contributed by atoms with E-state index in [2.05, 4.69) is 4.90 Å². The molecule has 2 aromatic rings. The third-order valence-electron chi connectivity index (χ3n) is 4.72. The molecule has 1 aliphatic rings. The summed E-state index contributed by atoms with van der Waals surface area (Å²) in [6, 6.07) is 14.5. The molecule has 0 saturated carbocycles. The number of amides is 1. The molecule has 0 aliphatic carbocycles. The Bertz CT molecular complexity index is 905. The summed E-state index contributed by atoms with van der Waals surface area (Å²) in [5.74, 6) is -1.09. The molecule has 0 radical (unpaired) electrons. The number of hydrogen-bond donors (Lipinski definition) is 0. The Morgan fingerprint density at radius 2 is 1.67 bits per heavy atom. The summed E-state index contributed by atoms with van der Waals surface area (Å²) in [5, 5.41) is 0. The maximum atomic E-state index is 12.7. The van der Waals surface area contributed by atoms with Crippen LogP contribution in [-0.2, 0) is 20.5 Å². The van der Waals surface area contributed by atoms with Crippen LogP contribution in [0.4, 0.5) is 18.9 Å². The number of carbonyl (C=O) groups excluding carboxylic acids is 2. The summed E-state index contributed by atoms with van der Waals surface area (Å²) >= 11 is 0. The van der Waals surface area contributed by atoms with Crippen LogP contribution in [0.3, 0.4) is 0 Å². The van der Waals surface area contributed by atoms with Gasteiger partial charge in [-0.3, -0.25) is 4.79 Å². The summed E-state index contributed by atoms with van der Waals surface area (Å²) in [6.45, 7) is 1.99. The Morgan fingerprint density at radius 1 is 0.967 bits per heavy atom. The molecule has 3 rings (SSSR count). The fourth-order valence-corrected chi connectivity index (χ4v) is 3.11. The number of nitrogens with zero attached hydrogens (tertiary/aromatic N) is 2. The van der Waals surface area contributed by atoms with Crippen LogP contribution < -0.4 is 4.90 Å². The van der Waals surface area contributed by atoms with E-state index in [1.807, 2.05) is 30.3 Å². The molecule has 1 aliphatic heterocycles. The fraction of sp³-hybridized carbons (Fsp3) is 0.273. The largest absolute Gasteiger partial charge is 0.452 e. The van der Waals surface area contributed by atoms with Crippen molar-refractivity contribution >= 4 is 23.6 Å². The van der Waals surface area contributed by atoms with Crippen molar-refractivity contribution in [1.82, 2.24) is 4.90 Å². The Morgan fingerprint density at radius 3 is 2.33 bits per heavy atom. The molecular formula is C22H21F3N2O3. The van der Waals surface area contributed by atoms with Gasteiger partial charge in [0.1, 0.15) is 0 Å². The topological polar surface area (TPSA) is 49.9 Å².